The van der Waals surface area contributed by atoms with Crippen molar-refractivity contribution in [1.29, 1.82) is 0 Å². The summed E-state index contributed by atoms with van der Waals surface area (Å²) < 4.78 is 7.51. The molecule has 4 aromatic heterocycles. The molecule has 12 nitrogen and oxygen atoms in total. The van der Waals surface area contributed by atoms with E-state index < -0.39 is 0 Å². The van der Waals surface area contributed by atoms with Crippen LogP contribution in [-0.2, 0) is 86.8 Å². The quantitative estimate of drug-likeness (QED) is 0.111. The topological polar surface area (TPSA) is 123 Å². The van der Waals surface area contributed by atoms with Crippen LogP contribution >= 0.6 is 0 Å². The van der Waals surface area contributed by atoms with Gasteiger partial charge in [0.25, 0.3) is 0 Å². The fourth-order valence-electron chi connectivity index (χ4n) is 10.2. The Kier molecular flexibility index (Phi) is 26.9. The van der Waals surface area contributed by atoms with Gasteiger partial charge in [0, 0.05) is 80.4 Å². The Hall–Kier alpha value is -8.64. The molecule has 14 aromatic rings. The minimum Gasteiger partial charge on any atom is -0.262 e. The zero-order chi connectivity index (χ0) is 61.5. The third-order valence-electron chi connectivity index (χ3n) is 14.5. The van der Waals surface area contributed by atoms with Gasteiger partial charge in [-0.1, -0.05) is 116 Å². The van der Waals surface area contributed by atoms with Crippen LogP contribution in [0.2, 0.25) is 0 Å². The van der Waals surface area contributed by atoms with Crippen LogP contribution in [0.5, 0.6) is 0 Å². The van der Waals surface area contributed by atoms with Gasteiger partial charge in [0.15, 0.2) is 0 Å². The molecule has 0 N–H and O–H groups in total. The summed E-state index contributed by atoms with van der Waals surface area (Å²) in [5.74, 6) is 6.28. The molecular weight excluding hydrogens is 1860 g/mol. The van der Waals surface area contributed by atoms with Crippen molar-refractivity contribution in [3.05, 3.63) is 313 Å². The van der Waals surface area contributed by atoms with Crippen LogP contribution in [0, 0.1) is 65.8 Å². The molecule has 4 heterocycles. The van der Waals surface area contributed by atoms with Gasteiger partial charge in [-0.2, -0.15) is 20.4 Å². The average Bonchev–Trinajstić information content (AvgIpc) is 1.77. The Morgan fingerprint density at radius 3 is 0.978 bits per heavy atom. The molecule has 0 aliphatic rings. The molecule has 14 rings (SSSR count). The summed E-state index contributed by atoms with van der Waals surface area (Å²) in [6, 6.07) is 96.0. The van der Waals surface area contributed by atoms with Gasteiger partial charge in [0.2, 0.25) is 0 Å². The Morgan fingerprint density at radius 1 is 0.290 bits per heavy atom. The van der Waals surface area contributed by atoms with Crippen molar-refractivity contribution in [3.8, 4) is 90.6 Å². The standard InChI is InChI=1S/2C21H16N3.C18H18N3.C17H16N3.4Ir/c1-16-22-21(18-11-6-3-7-12-18)23-24(16)20-14-8-13-19(15-20)17-9-4-2-5-10-17;1-16-22-21(19-10-6-3-7-11-19)23-24(16)20-14-12-18(13-15-20)17-8-4-2-5-9-17;1-3-7-15-10-12-17(13-11-15)21-14(2)19-18(20-21)16-8-5-4-6-9-16;1-12-9-13(2)11-16(10-12)20-14(3)18-17(19-20)15-7-5-4-6-8-15;;;;/h2-11,13-15H,1H3;2-10,12-15H,1H3;4-6,8,10-13H,3,7H2,1-2H3;4-7,9-11H,1-3H3;;;;/q4*-1;;;;. The van der Waals surface area contributed by atoms with Crippen molar-refractivity contribution in [2.45, 2.75) is 61.3 Å². The number of aryl methyl sites for hydroxylation is 7. The molecule has 4 radical (unpaired) electrons. The zero-order valence-corrected chi connectivity index (χ0v) is 61.9. The third-order valence-corrected chi connectivity index (χ3v) is 14.5. The molecule has 0 aliphatic heterocycles. The van der Waals surface area contributed by atoms with Gasteiger partial charge in [-0.15, -0.1) is 144 Å². The van der Waals surface area contributed by atoms with Crippen molar-refractivity contribution in [2.75, 3.05) is 0 Å². The number of aromatic nitrogens is 12. The summed E-state index contributed by atoms with van der Waals surface area (Å²) in [4.78, 5) is 18.2. The Labute approximate surface area is 599 Å². The minimum absolute atomic E-state index is 0. The Balaban J connectivity index is 0.000000174. The average molecular weight is 1930 g/mol. The maximum atomic E-state index is 4.66. The Morgan fingerprint density at radius 2 is 0.613 bits per heavy atom. The van der Waals surface area contributed by atoms with E-state index in [1.54, 1.807) is 0 Å². The SMILES string of the molecule is CCCc1ccc(-n2nc(-c3[c-]cccc3)nc2C)cc1.Cc1cc(C)cc(-n2nc(-c3[c-]cccc3)nc2C)c1.Cc1nc(-c2[c-]cccc2)nn1-c1ccc(-c2ccccc2)cc1.Cc1nc(-c2[c-]cccc2)nn1-c1cccc(-c2ccccc2)c1.[Ir].[Ir].[Ir].[Ir]. The predicted octanol–water partition coefficient (Wildman–Crippen LogP) is 17.1. The molecule has 0 bridgehead atoms. The van der Waals surface area contributed by atoms with Crippen LogP contribution in [0.25, 0.3) is 90.6 Å². The van der Waals surface area contributed by atoms with E-state index in [9.17, 15) is 0 Å². The van der Waals surface area contributed by atoms with E-state index in [4.69, 9.17) is 0 Å². The molecule has 0 atom stereocenters. The summed E-state index contributed by atoms with van der Waals surface area (Å²) in [6.07, 6.45) is 2.27. The van der Waals surface area contributed by atoms with Crippen LogP contribution in [-0.4, -0.2) is 59.1 Å². The van der Waals surface area contributed by atoms with Crippen LogP contribution in [0.4, 0.5) is 0 Å². The maximum absolute atomic E-state index is 4.66. The van der Waals surface area contributed by atoms with E-state index in [0.29, 0.717) is 23.3 Å². The second kappa shape index (κ2) is 34.9. The fourth-order valence-corrected chi connectivity index (χ4v) is 10.2. The molecule has 0 spiro atoms. The molecule has 0 saturated heterocycles. The van der Waals surface area contributed by atoms with Crippen LogP contribution in [0.1, 0.15) is 53.3 Å². The first kappa shape index (κ1) is 71.8. The van der Waals surface area contributed by atoms with E-state index in [0.717, 1.165) is 86.7 Å². The van der Waals surface area contributed by atoms with Gasteiger partial charge in [-0.05, 0) is 135 Å². The molecule has 0 unspecified atom stereocenters. The largest absolute Gasteiger partial charge is 0.262 e. The summed E-state index contributed by atoms with van der Waals surface area (Å²) in [6.45, 7) is 14.2. The molecular formula is C77H66Ir4N12-4. The third kappa shape index (κ3) is 18.6. The maximum Gasteiger partial charge on any atom is 0.118 e. The van der Waals surface area contributed by atoms with E-state index in [1.165, 1.54) is 33.4 Å². The summed E-state index contributed by atoms with van der Waals surface area (Å²) in [7, 11) is 0. The molecule has 16 heteroatoms. The molecule has 93 heavy (non-hydrogen) atoms. The number of hydrogen-bond acceptors (Lipinski definition) is 8. The van der Waals surface area contributed by atoms with E-state index in [-0.39, 0.29) is 80.4 Å². The first-order valence-corrected chi connectivity index (χ1v) is 29.7. The molecule has 0 amide bonds. The summed E-state index contributed by atoms with van der Waals surface area (Å²) in [5.41, 5.74) is 16.3. The number of rotatable bonds is 12. The van der Waals surface area contributed by atoms with Crippen molar-refractivity contribution in [2.24, 2.45) is 0 Å². The minimum atomic E-state index is 0. The summed E-state index contributed by atoms with van der Waals surface area (Å²) >= 11 is 0. The predicted molar refractivity (Wildman–Crippen MR) is 356 cm³/mol. The Bertz CT molecular complexity index is 4520. The van der Waals surface area contributed by atoms with Gasteiger partial charge in [0.1, 0.15) is 23.3 Å². The number of benzene rings is 10. The van der Waals surface area contributed by atoms with Crippen LogP contribution in [0.15, 0.2) is 249 Å². The van der Waals surface area contributed by atoms with Gasteiger partial charge < -0.3 is 0 Å². The molecule has 474 valence electrons. The van der Waals surface area contributed by atoms with Crippen LogP contribution in [0.3, 0.4) is 0 Å². The van der Waals surface area contributed by atoms with Gasteiger partial charge in [0.05, 0.1) is 46.0 Å². The number of nitrogens with zero attached hydrogens (tertiary/aromatic N) is 12. The molecule has 0 fully saturated rings. The number of hydrogen-bond donors (Lipinski definition) is 0. The van der Waals surface area contributed by atoms with Gasteiger partial charge in [-0.25, -0.2) is 18.7 Å². The molecule has 0 aliphatic carbocycles. The van der Waals surface area contributed by atoms with Gasteiger partial charge in [-0.3, -0.25) is 19.9 Å². The van der Waals surface area contributed by atoms with Crippen molar-refractivity contribution in [1.82, 2.24) is 59.1 Å². The second-order valence-corrected chi connectivity index (χ2v) is 21.3. The first-order valence-electron chi connectivity index (χ1n) is 29.7. The smallest absolute Gasteiger partial charge is 0.118 e. The van der Waals surface area contributed by atoms with E-state index in [1.807, 2.05) is 192 Å². The molecule has 0 saturated carbocycles. The van der Waals surface area contributed by atoms with Crippen molar-refractivity contribution in [3.63, 3.8) is 0 Å². The fraction of sp³-hybridized carbons (Fsp3) is 0.117. The van der Waals surface area contributed by atoms with Crippen molar-refractivity contribution >= 4 is 0 Å². The molecule has 10 aromatic carbocycles. The zero-order valence-electron chi connectivity index (χ0n) is 52.3. The monoisotopic (exact) mass is 1930 g/mol. The normalized spacial score (nSPS) is 10.3. The summed E-state index contributed by atoms with van der Waals surface area (Å²) in [5, 5.41) is 18.5. The van der Waals surface area contributed by atoms with Crippen molar-refractivity contribution < 1.29 is 80.4 Å². The van der Waals surface area contributed by atoms with E-state index in [2.05, 4.69) is 188 Å². The van der Waals surface area contributed by atoms with Crippen LogP contribution < -0.4 is 0 Å². The van der Waals surface area contributed by atoms with E-state index >= 15 is 0 Å². The second-order valence-electron chi connectivity index (χ2n) is 21.3. The first-order chi connectivity index (χ1) is 43.5. The van der Waals surface area contributed by atoms with Gasteiger partial charge >= 0.3 is 0 Å².